The molecule has 1 aliphatic rings. The van der Waals surface area contributed by atoms with Crippen LogP contribution in [0.25, 0.3) is 0 Å². The number of fused-ring (bicyclic) bond motifs is 1. The zero-order valence-electron chi connectivity index (χ0n) is 8.16. The molecule has 0 spiro atoms. The lowest BCUT2D eigenvalue weighted by Crippen LogP contribution is -2.19. The Labute approximate surface area is 92.6 Å². The topological polar surface area (TPSA) is 35.2 Å². The van der Waals surface area contributed by atoms with Crippen molar-refractivity contribution in [2.45, 2.75) is 25.3 Å². The monoisotopic (exact) mass is 255 g/mol. The van der Waals surface area contributed by atoms with Gasteiger partial charge in [-0.2, -0.15) is 0 Å². The molecule has 3 heteroatoms. The van der Waals surface area contributed by atoms with Crippen LogP contribution in [-0.2, 0) is 0 Å². The zero-order valence-corrected chi connectivity index (χ0v) is 9.75. The van der Waals surface area contributed by atoms with E-state index in [1.54, 1.807) is 0 Å². The highest BCUT2D eigenvalue weighted by atomic mass is 79.9. The summed E-state index contributed by atoms with van der Waals surface area (Å²) in [6.07, 6.45) is 0.982. The van der Waals surface area contributed by atoms with Gasteiger partial charge in [-0.1, -0.05) is 22.0 Å². The Balaban J connectivity index is 2.29. The molecule has 1 aromatic carbocycles. The number of ether oxygens (including phenoxy) is 1. The van der Waals surface area contributed by atoms with Gasteiger partial charge in [0.05, 0.1) is 6.61 Å². The standard InChI is InChI=1S/C11H14BrNO/c1-7(13)5-8-6-14-10-4-2-3-9(12)11(8)10/h2-4,7-8H,5-6,13H2,1H3. The van der Waals surface area contributed by atoms with Crippen molar-refractivity contribution >= 4 is 15.9 Å². The molecule has 0 saturated heterocycles. The number of nitrogens with two attached hydrogens (primary N) is 1. The Kier molecular flexibility index (Phi) is 2.79. The minimum atomic E-state index is 0.224. The number of rotatable bonds is 2. The highest BCUT2D eigenvalue weighted by Crippen LogP contribution is 2.40. The second-order valence-corrected chi connectivity index (χ2v) is 4.73. The second kappa shape index (κ2) is 3.91. The summed E-state index contributed by atoms with van der Waals surface area (Å²) >= 11 is 3.56. The van der Waals surface area contributed by atoms with Gasteiger partial charge in [0.1, 0.15) is 5.75 Å². The van der Waals surface area contributed by atoms with Gasteiger partial charge >= 0.3 is 0 Å². The van der Waals surface area contributed by atoms with Crippen LogP contribution in [0.4, 0.5) is 0 Å². The first kappa shape index (κ1) is 9.99. The minimum absolute atomic E-state index is 0.224. The average molecular weight is 256 g/mol. The third kappa shape index (κ3) is 1.79. The summed E-state index contributed by atoms with van der Waals surface area (Å²) in [5.74, 6) is 1.45. The number of benzene rings is 1. The molecule has 0 aromatic heterocycles. The fourth-order valence-electron chi connectivity index (χ4n) is 1.95. The molecule has 2 N–H and O–H groups in total. The van der Waals surface area contributed by atoms with E-state index in [9.17, 15) is 0 Å². The second-order valence-electron chi connectivity index (χ2n) is 3.87. The Hall–Kier alpha value is -0.540. The SMILES string of the molecule is CC(N)CC1COc2cccc(Br)c21. The van der Waals surface area contributed by atoms with E-state index < -0.39 is 0 Å². The van der Waals surface area contributed by atoms with Crippen molar-refractivity contribution in [1.82, 2.24) is 0 Å². The van der Waals surface area contributed by atoms with Crippen LogP contribution < -0.4 is 10.5 Å². The first-order chi connectivity index (χ1) is 6.68. The van der Waals surface area contributed by atoms with E-state index in [1.165, 1.54) is 5.56 Å². The summed E-state index contributed by atoms with van der Waals surface area (Å²) in [4.78, 5) is 0. The van der Waals surface area contributed by atoms with Gasteiger partial charge in [0.2, 0.25) is 0 Å². The molecule has 0 amide bonds. The Bertz CT molecular complexity index is 338. The normalized spacial score (nSPS) is 21.5. The fourth-order valence-corrected chi connectivity index (χ4v) is 2.62. The molecule has 2 unspecified atom stereocenters. The van der Waals surface area contributed by atoms with Crippen molar-refractivity contribution in [2.75, 3.05) is 6.61 Å². The lowest BCUT2D eigenvalue weighted by atomic mass is 9.95. The first-order valence-electron chi connectivity index (χ1n) is 4.85. The smallest absolute Gasteiger partial charge is 0.124 e. The van der Waals surface area contributed by atoms with E-state index >= 15 is 0 Å². The van der Waals surface area contributed by atoms with Crippen molar-refractivity contribution in [2.24, 2.45) is 5.73 Å². The molecule has 14 heavy (non-hydrogen) atoms. The van der Waals surface area contributed by atoms with Crippen LogP contribution in [0.15, 0.2) is 22.7 Å². The van der Waals surface area contributed by atoms with Crippen LogP contribution in [0.2, 0.25) is 0 Å². The summed E-state index contributed by atoms with van der Waals surface area (Å²) in [5.41, 5.74) is 7.09. The predicted octanol–water partition coefficient (Wildman–Crippen LogP) is 2.66. The summed E-state index contributed by atoms with van der Waals surface area (Å²) in [6, 6.07) is 6.29. The minimum Gasteiger partial charge on any atom is -0.493 e. The molecular weight excluding hydrogens is 242 g/mol. The van der Waals surface area contributed by atoms with Crippen molar-refractivity contribution in [3.8, 4) is 5.75 Å². The summed E-state index contributed by atoms with van der Waals surface area (Å²) in [6.45, 7) is 2.80. The van der Waals surface area contributed by atoms with Gasteiger partial charge in [0.15, 0.2) is 0 Å². The van der Waals surface area contributed by atoms with Crippen LogP contribution in [0.5, 0.6) is 5.75 Å². The van der Waals surface area contributed by atoms with Gasteiger partial charge in [0.25, 0.3) is 0 Å². The molecule has 0 saturated carbocycles. The maximum Gasteiger partial charge on any atom is 0.124 e. The van der Waals surface area contributed by atoms with Crippen LogP contribution in [0, 0.1) is 0 Å². The lowest BCUT2D eigenvalue weighted by Gasteiger charge is -2.12. The molecule has 2 rings (SSSR count). The summed E-state index contributed by atoms with van der Waals surface area (Å²) in [5, 5.41) is 0. The maximum atomic E-state index is 5.81. The maximum absolute atomic E-state index is 5.81. The van der Waals surface area contributed by atoms with Crippen LogP contribution in [-0.4, -0.2) is 12.6 Å². The molecule has 1 aliphatic heterocycles. The van der Waals surface area contributed by atoms with Gasteiger partial charge in [-0.05, 0) is 25.5 Å². The van der Waals surface area contributed by atoms with Crippen LogP contribution in [0.1, 0.15) is 24.8 Å². The number of halogens is 1. The summed E-state index contributed by atoms with van der Waals surface area (Å²) in [7, 11) is 0. The molecule has 0 aliphatic carbocycles. The molecule has 0 radical (unpaired) electrons. The van der Waals surface area contributed by atoms with Crippen molar-refractivity contribution in [3.63, 3.8) is 0 Å². The van der Waals surface area contributed by atoms with Crippen LogP contribution >= 0.6 is 15.9 Å². The van der Waals surface area contributed by atoms with E-state index in [0.29, 0.717) is 5.92 Å². The average Bonchev–Trinajstić information content (AvgIpc) is 2.49. The molecule has 0 bridgehead atoms. The Morgan fingerprint density at radius 2 is 2.43 bits per heavy atom. The van der Waals surface area contributed by atoms with Crippen molar-refractivity contribution in [1.29, 1.82) is 0 Å². The van der Waals surface area contributed by atoms with E-state index in [-0.39, 0.29) is 6.04 Å². The highest BCUT2D eigenvalue weighted by Gasteiger charge is 2.26. The van der Waals surface area contributed by atoms with Gasteiger partial charge in [-0.3, -0.25) is 0 Å². The van der Waals surface area contributed by atoms with Crippen molar-refractivity contribution in [3.05, 3.63) is 28.2 Å². The Morgan fingerprint density at radius 3 is 3.14 bits per heavy atom. The fraction of sp³-hybridized carbons (Fsp3) is 0.455. The quantitative estimate of drug-likeness (QED) is 0.882. The van der Waals surface area contributed by atoms with E-state index in [4.69, 9.17) is 10.5 Å². The van der Waals surface area contributed by atoms with Gasteiger partial charge in [0, 0.05) is 22.0 Å². The molecule has 76 valence electrons. The largest absolute Gasteiger partial charge is 0.493 e. The van der Waals surface area contributed by atoms with E-state index in [1.807, 2.05) is 19.1 Å². The zero-order chi connectivity index (χ0) is 10.1. The molecular formula is C11H14BrNO. The molecule has 0 fully saturated rings. The van der Waals surface area contributed by atoms with Gasteiger partial charge in [-0.25, -0.2) is 0 Å². The number of hydrogen-bond acceptors (Lipinski definition) is 2. The Morgan fingerprint density at radius 1 is 1.64 bits per heavy atom. The number of hydrogen-bond donors (Lipinski definition) is 1. The third-order valence-electron chi connectivity index (χ3n) is 2.52. The van der Waals surface area contributed by atoms with E-state index in [2.05, 4.69) is 22.0 Å². The molecule has 1 heterocycles. The van der Waals surface area contributed by atoms with Gasteiger partial charge in [-0.15, -0.1) is 0 Å². The van der Waals surface area contributed by atoms with Crippen molar-refractivity contribution < 1.29 is 4.74 Å². The van der Waals surface area contributed by atoms with E-state index in [0.717, 1.165) is 23.2 Å². The lowest BCUT2D eigenvalue weighted by molar-refractivity contribution is 0.320. The highest BCUT2D eigenvalue weighted by molar-refractivity contribution is 9.10. The third-order valence-corrected chi connectivity index (χ3v) is 3.21. The predicted molar refractivity (Wildman–Crippen MR) is 60.6 cm³/mol. The first-order valence-corrected chi connectivity index (χ1v) is 5.64. The molecule has 1 aromatic rings. The van der Waals surface area contributed by atoms with Gasteiger partial charge < -0.3 is 10.5 Å². The molecule has 2 atom stereocenters. The van der Waals surface area contributed by atoms with Crippen LogP contribution in [0.3, 0.4) is 0 Å². The summed E-state index contributed by atoms with van der Waals surface area (Å²) < 4.78 is 6.74. The molecule has 2 nitrogen and oxygen atoms in total.